The van der Waals surface area contributed by atoms with Gasteiger partial charge in [-0.3, -0.25) is 9.59 Å². The topological polar surface area (TPSA) is 72.8 Å². The van der Waals surface area contributed by atoms with Crippen molar-refractivity contribution >= 4 is 20.3 Å². The predicted octanol–water partition coefficient (Wildman–Crippen LogP) is 4.76. The molecule has 6 heteroatoms. The van der Waals surface area contributed by atoms with E-state index in [9.17, 15) is 14.7 Å². The van der Waals surface area contributed by atoms with E-state index in [4.69, 9.17) is 9.16 Å². The van der Waals surface area contributed by atoms with Crippen LogP contribution >= 0.6 is 0 Å². The quantitative estimate of drug-likeness (QED) is 0.419. The van der Waals surface area contributed by atoms with Gasteiger partial charge in [0.15, 0.2) is 13.7 Å². The summed E-state index contributed by atoms with van der Waals surface area (Å²) in [5, 5.41) is 10.1. The molecular formula is C22H34O5Si. The lowest BCUT2D eigenvalue weighted by Crippen LogP contribution is -2.46. The molecule has 1 fully saturated rings. The summed E-state index contributed by atoms with van der Waals surface area (Å²) < 4.78 is 12.0. The van der Waals surface area contributed by atoms with Crippen LogP contribution in [0.3, 0.4) is 0 Å². The van der Waals surface area contributed by atoms with Crippen LogP contribution in [0, 0.1) is 5.41 Å². The van der Waals surface area contributed by atoms with Crippen LogP contribution in [-0.2, 0) is 24.2 Å². The van der Waals surface area contributed by atoms with Gasteiger partial charge in [0.2, 0.25) is 0 Å². The Balaban J connectivity index is 2.47. The molecule has 1 aromatic rings. The molecule has 5 nitrogen and oxygen atoms in total. The normalized spacial score (nSPS) is 25.3. The second-order valence-electron chi connectivity index (χ2n) is 10.4. The number of esters is 1. The van der Waals surface area contributed by atoms with Crippen molar-refractivity contribution in [2.45, 2.75) is 77.1 Å². The van der Waals surface area contributed by atoms with E-state index < -0.39 is 36.7 Å². The van der Waals surface area contributed by atoms with E-state index in [0.29, 0.717) is 0 Å². The van der Waals surface area contributed by atoms with Crippen LogP contribution in [0.25, 0.3) is 0 Å². The third-order valence-corrected chi connectivity index (χ3v) is 10.7. The van der Waals surface area contributed by atoms with Gasteiger partial charge in [-0.1, -0.05) is 51.1 Å². The maximum absolute atomic E-state index is 13.0. The van der Waals surface area contributed by atoms with Gasteiger partial charge in [0.1, 0.15) is 5.60 Å². The van der Waals surface area contributed by atoms with Crippen molar-refractivity contribution in [2.24, 2.45) is 5.41 Å². The maximum Gasteiger partial charge on any atom is 0.325 e. The summed E-state index contributed by atoms with van der Waals surface area (Å²) in [5.74, 6) is -1.83. The average Bonchev–Trinajstić information content (AvgIpc) is 3.23. The van der Waals surface area contributed by atoms with Crippen molar-refractivity contribution in [3.63, 3.8) is 0 Å². The van der Waals surface area contributed by atoms with Crippen LogP contribution in [0.2, 0.25) is 18.1 Å². The molecule has 0 aromatic heterocycles. The SMILES string of the molecule is CC(C)(C)OC(=O)C1(C(=O)O)CC1(CO[Si](C)(C)C(C)(C)C)c1ccccc1. The van der Waals surface area contributed by atoms with Crippen molar-refractivity contribution in [1.82, 2.24) is 0 Å². The minimum atomic E-state index is -2.13. The Morgan fingerprint density at radius 3 is 2.04 bits per heavy atom. The van der Waals surface area contributed by atoms with Gasteiger partial charge in [-0.25, -0.2) is 0 Å². The number of rotatable bonds is 6. The minimum Gasteiger partial charge on any atom is -0.480 e. The maximum atomic E-state index is 13.0. The van der Waals surface area contributed by atoms with Crippen molar-refractivity contribution in [3.8, 4) is 0 Å². The van der Waals surface area contributed by atoms with Crippen LogP contribution in [-0.4, -0.2) is 37.6 Å². The summed E-state index contributed by atoms with van der Waals surface area (Å²) in [6.45, 7) is 16.1. The first kappa shape index (κ1) is 22.6. The van der Waals surface area contributed by atoms with Crippen molar-refractivity contribution in [2.75, 3.05) is 6.61 Å². The van der Waals surface area contributed by atoms with E-state index in [1.165, 1.54) is 0 Å². The van der Waals surface area contributed by atoms with Gasteiger partial charge in [-0.2, -0.15) is 0 Å². The van der Waals surface area contributed by atoms with Gasteiger partial charge in [0.25, 0.3) is 0 Å². The molecular weight excluding hydrogens is 372 g/mol. The Morgan fingerprint density at radius 1 is 1.07 bits per heavy atom. The Kier molecular flexibility index (Phi) is 5.65. The Bertz CT molecular complexity index is 744. The first-order valence-corrected chi connectivity index (χ1v) is 12.7. The average molecular weight is 407 g/mol. The number of carboxylic acid groups (broad SMARTS) is 1. The molecule has 1 N–H and O–H groups in total. The summed E-state index contributed by atoms with van der Waals surface area (Å²) >= 11 is 0. The predicted molar refractivity (Wildman–Crippen MR) is 112 cm³/mol. The number of carbonyl (C=O) groups excluding carboxylic acids is 1. The van der Waals surface area contributed by atoms with E-state index in [1.807, 2.05) is 30.3 Å². The molecule has 1 aliphatic rings. The minimum absolute atomic E-state index is 0.0163. The highest BCUT2D eigenvalue weighted by molar-refractivity contribution is 6.74. The summed E-state index contributed by atoms with van der Waals surface area (Å²) in [4.78, 5) is 25.4. The van der Waals surface area contributed by atoms with Gasteiger partial charge in [-0.05, 0) is 50.9 Å². The van der Waals surface area contributed by atoms with Crippen LogP contribution in [0.1, 0.15) is 53.5 Å². The third kappa shape index (κ3) is 3.89. The number of aliphatic carboxylic acids is 1. The summed E-state index contributed by atoms with van der Waals surface area (Å²) in [5.41, 5.74) is -2.49. The van der Waals surface area contributed by atoms with Crippen LogP contribution in [0.15, 0.2) is 30.3 Å². The highest BCUT2D eigenvalue weighted by atomic mass is 28.4. The monoisotopic (exact) mass is 406 g/mol. The van der Waals surface area contributed by atoms with E-state index in [-0.39, 0.29) is 18.1 Å². The lowest BCUT2D eigenvalue weighted by molar-refractivity contribution is -0.170. The molecule has 2 unspecified atom stereocenters. The molecule has 1 aromatic carbocycles. The third-order valence-electron chi connectivity index (χ3n) is 6.18. The molecule has 0 radical (unpaired) electrons. The molecule has 28 heavy (non-hydrogen) atoms. The molecule has 1 saturated carbocycles. The molecule has 0 bridgehead atoms. The number of hydrogen-bond acceptors (Lipinski definition) is 4. The fourth-order valence-electron chi connectivity index (χ4n) is 3.29. The van der Waals surface area contributed by atoms with E-state index >= 15 is 0 Å². The molecule has 2 rings (SSSR count). The Labute approximate surface area is 169 Å². The number of carboxylic acids is 1. The molecule has 0 saturated heterocycles. The summed E-state index contributed by atoms with van der Waals surface area (Å²) in [6.07, 6.45) is 0.183. The van der Waals surface area contributed by atoms with Crippen LogP contribution in [0.5, 0.6) is 0 Å². The number of ether oxygens (including phenoxy) is 1. The molecule has 0 amide bonds. The summed E-state index contributed by atoms with van der Waals surface area (Å²) in [6, 6.07) is 9.37. The van der Waals surface area contributed by atoms with E-state index in [0.717, 1.165) is 5.56 Å². The Morgan fingerprint density at radius 2 is 1.61 bits per heavy atom. The van der Waals surface area contributed by atoms with Gasteiger partial charge >= 0.3 is 11.9 Å². The van der Waals surface area contributed by atoms with Gasteiger partial charge < -0.3 is 14.3 Å². The van der Waals surface area contributed by atoms with Crippen LogP contribution < -0.4 is 0 Å². The number of benzene rings is 1. The molecule has 156 valence electrons. The smallest absolute Gasteiger partial charge is 0.325 e. The van der Waals surface area contributed by atoms with Gasteiger partial charge in [0, 0.05) is 12.0 Å². The fraction of sp³-hybridized carbons (Fsp3) is 0.636. The van der Waals surface area contributed by atoms with Gasteiger partial charge in [0.05, 0.1) is 0 Å². The van der Waals surface area contributed by atoms with Crippen molar-refractivity contribution in [1.29, 1.82) is 0 Å². The van der Waals surface area contributed by atoms with Gasteiger partial charge in [-0.15, -0.1) is 0 Å². The second-order valence-corrected chi connectivity index (χ2v) is 15.2. The molecule has 0 spiro atoms. The Hall–Kier alpha value is -1.66. The van der Waals surface area contributed by atoms with Crippen molar-refractivity contribution in [3.05, 3.63) is 35.9 Å². The second kappa shape index (κ2) is 6.99. The lowest BCUT2D eigenvalue weighted by atomic mass is 9.86. The first-order chi connectivity index (χ1) is 12.6. The molecule has 0 heterocycles. The number of carbonyl (C=O) groups is 2. The van der Waals surface area contributed by atoms with Crippen LogP contribution in [0.4, 0.5) is 0 Å². The van der Waals surface area contributed by atoms with E-state index in [2.05, 4.69) is 33.9 Å². The highest BCUT2D eigenvalue weighted by Gasteiger charge is 2.79. The standard InChI is InChI=1S/C22H34O5Si/c1-19(2,3)27-18(25)22(17(23)24)14-21(22,16-12-10-9-11-13-16)15-26-28(7,8)20(4,5)6/h9-13H,14-15H2,1-8H3,(H,23,24). The molecule has 1 aliphatic carbocycles. The zero-order valence-corrected chi connectivity index (χ0v) is 19.4. The highest BCUT2D eigenvalue weighted by Crippen LogP contribution is 2.66. The first-order valence-electron chi connectivity index (χ1n) is 9.75. The zero-order chi connectivity index (χ0) is 21.6. The largest absolute Gasteiger partial charge is 0.480 e. The van der Waals surface area contributed by atoms with Crippen molar-refractivity contribution < 1.29 is 23.9 Å². The lowest BCUT2D eigenvalue weighted by Gasteiger charge is -2.38. The molecule has 0 aliphatic heterocycles. The fourth-order valence-corrected chi connectivity index (χ4v) is 4.33. The van der Waals surface area contributed by atoms with E-state index in [1.54, 1.807) is 20.8 Å². The number of hydrogen-bond donors (Lipinski definition) is 1. The molecule has 2 atom stereocenters. The zero-order valence-electron chi connectivity index (χ0n) is 18.4. The summed E-state index contributed by atoms with van der Waals surface area (Å²) in [7, 11) is -2.13.